The Morgan fingerprint density at radius 1 is 1.29 bits per heavy atom. The lowest BCUT2D eigenvalue weighted by molar-refractivity contribution is -0.123. The molecule has 0 spiro atoms. The van der Waals surface area contributed by atoms with Crippen LogP contribution in [0.3, 0.4) is 0 Å². The van der Waals surface area contributed by atoms with Gasteiger partial charge in [0.25, 0.3) is 0 Å². The van der Waals surface area contributed by atoms with E-state index in [1.54, 1.807) is 32.1 Å². The van der Waals surface area contributed by atoms with Crippen LogP contribution in [0.2, 0.25) is 0 Å². The van der Waals surface area contributed by atoms with E-state index in [1.165, 1.54) is 12.1 Å². The highest BCUT2D eigenvalue weighted by Crippen LogP contribution is 2.13. The van der Waals surface area contributed by atoms with Gasteiger partial charge in [0.05, 0.1) is 4.90 Å². The number of aryl methyl sites for hydroxylation is 1. The van der Waals surface area contributed by atoms with Crippen molar-refractivity contribution in [2.24, 2.45) is 5.92 Å². The van der Waals surface area contributed by atoms with E-state index in [-0.39, 0.29) is 16.7 Å². The van der Waals surface area contributed by atoms with Gasteiger partial charge in [-0.15, -0.1) is 6.58 Å². The normalized spacial score (nSPS) is 13.0. The van der Waals surface area contributed by atoms with Gasteiger partial charge >= 0.3 is 0 Å². The first kappa shape index (κ1) is 17.4. The van der Waals surface area contributed by atoms with Gasteiger partial charge in [0.1, 0.15) is 6.04 Å². The first-order valence-corrected chi connectivity index (χ1v) is 8.24. The number of carbonyl (C=O) groups is 1. The third-order valence-corrected chi connectivity index (χ3v) is 4.44. The molecule has 1 aromatic rings. The summed E-state index contributed by atoms with van der Waals surface area (Å²) in [4.78, 5) is 12.2. The summed E-state index contributed by atoms with van der Waals surface area (Å²) < 4.78 is 27.1. The van der Waals surface area contributed by atoms with Crippen LogP contribution >= 0.6 is 0 Å². The van der Waals surface area contributed by atoms with Crippen LogP contribution in [0.1, 0.15) is 19.4 Å². The molecule has 1 aromatic carbocycles. The quantitative estimate of drug-likeness (QED) is 0.751. The van der Waals surface area contributed by atoms with Gasteiger partial charge in [0.2, 0.25) is 15.9 Å². The van der Waals surface area contributed by atoms with Gasteiger partial charge in [0.15, 0.2) is 0 Å². The lowest BCUT2D eigenvalue weighted by atomic mass is 10.1. The number of hydrogen-bond acceptors (Lipinski definition) is 3. The SMILES string of the molecule is C=CCNC(=O)C(NS(=O)(=O)c1ccc(C)cc1)C(C)C. The Labute approximate surface area is 126 Å². The number of sulfonamides is 1. The van der Waals surface area contributed by atoms with Crippen LogP contribution in [0.25, 0.3) is 0 Å². The first-order valence-electron chi connectivity index (χ1n) is 6.75. The predicted molar refractivity (Wildman–Crippen MR) is 83.3 cm³/mol. The molecule has 5 nitrogen and oxygen atoms in total. The molecule has 116 valence electrons. The van der Waals surface area contributed by atoms with E-state index in [9.17, 15) is 13.2 Å². The summed E-state index contributed by atoms with van der Waals surface area (Å²) >= 11 is 0. The van der Waals surface area contributed by atoms with Crippen molar-refractivity contribution in [3.63, 3.8) is 0 Å². The second kappa shape index (κ2) is 7.38. The van der Waals surface area contributed by atoms with Crippen molar-refractivity contribution in [1.82, 2.24) is 10.0 Å². The lowest BCUT2D eigenvalue weighted by Gasteiger charge is -2.21. The Balaban J connectivity index is 2.94. The molecule has 0 aromatic heterocycles. The van der Waals surface area contributed by atoms with Gasteiger partial charge < -0.3 is 5.32 Å². The predicted octanol–water partition coefficient (Wildman–Crippen LogP) is 1.60. The fraction of sp³-hybridized carbons (Fsp3) is 0.400. The van der Waals surface area contributed by atoms with Gasteiger partial charge in [-0.3, -0.25) is 4.79 Å². The molecule has 2 N–H and O–H groups in total. The molecule has 0 bridgehead atoms. The van der Waals surface area contributed by atoms with E-state index in [1.807, 2.05) is 6.92 Å². The van der Waals surface area contributed by atoms with Crippen LogP contribution in [0, 0.1) is 12.8 Å². The van der Waals surface area contributed by atoms with Gasteiger partial charge in [-0.1, -0.05) is 37.6 Å². The molecule has 1 unspecified atom stereocenters. The van der Waals surface area contributed by atoms with Gasteiger partial charge in [0, 0.05) is 6.54 Å². The zero-order valence-corrected chi connectivity index (χ0v) is 13.4. The van der Waals surface area contributed by atoms with Gasteiger partial charge in [-0.2, -0.15) is 4.72 Å². The van der Waals surface area contributed by atoms with Crippen molar-refractivity contribution in [1.29, 1.82) is 0 Å². The molecular formula is C15H22N2O3S. The van der Waals surface area contributed by atoms with E-state index in [0.717, 1.165) is 5.56 Å². The molecule has 1 rings (SSSR count). The van der Waals surface area contributed by atoms with E-state index < -0.39 is 16.1 Å². The topological polar surface area (TPSA) is 75.3 Å². The van der Waals surface area contributed by atoms with Gasteiger partial charge in [-0.25, -0.2) is 8.42 Å². The molecule has 0 fully saturated rings. The Morgan fingerprint density at radius 3 is 2.33 bits per heavy atom. The summed E-state index contributed by atoms with van der Waals surface area (Å²) in [5.41, 5.74) is 0.970. The number of carbonyl (C=O) groups excluding carboxylic acids is 1. The third kappa shape index (κ3) is 4.99. The minimum atomic E-state index is -3.73. The largest absolute Gasteiger partial charge is 0.351 e. The Bertz CT molecular complexity index is 592. The minimum Gasteiger partial charge on any atom is -0.351 e. The van der Waals surface area contributed by atoms with Crippen LogP contribution in [0.5, 0.6) is 0 Å². The van der Waals surface area contributed by atoms with Crippen LogP contribution in [0.4, 0.5) is 0 Å². The van der Waals surface area contributed by atoms with Crippen LogP contribution in [-0.2, 0) is 14.8 Å². The molecule has 0 aliphatic carbocycles. The molecule has 0 saturated carbocycles. The average molecular weight is 310 g/mol. The van der Waals surface area contributed by atoms with E-state index in [4.69, 9.17) is 0 Å². The third-order valence-electron chi connectivity index (χ3n) is 2.98. The fourth-order valence-corrected chi connectivity index (χ4v) is 3.07. The monoisotopic (exact) mass is 310 g/mol. The lowest BCUT2D eigenvalue weighted by Crippen LogP contribution is -2.49. The van der Waals surface area contributed by atoms with E-state index in [0.29, 0.717) is 6.54 Å². The maximum atomic E-state index is 12.3. The van der Waals surface area contributed by atoms with Crippen molar-refractivity contribution >= 4 is 15.9 Å². The second-order valence-electron chi connectivity index (χ2n) is 5.19. The second-order valence-corrected chi connectivity index (χ2v) is 6.90. The van der Waals surface area contributed by atoms with Gasteiger partial charge in [-0.05, 0) is 25.0 Å². The highest BCUT2D eigenvalue weighted by atomic mass is 32.2. The molecule has 6 heteroatoms. The van der Waals surface area contributed by atoms with Crippen molar-refractivity contribution < 1.29 is 13.2 Å². The molecule has 0 aliphatic rings. The average Bonchev–Trinajstić information content (AvgIpc) is 2.42. The summed E-state index contributed by atoms with van der Waals surface area (Å²) in [6.07, 6.45) is 1.55. The maximum Gasteiger partial charge on any atom is 0.241 e. The van der Waals surface area contributed by atoms with E-state index in [2.05, 4.69) is 16.6 Å². The molecule has 1 atom stereocenters. The van der Waals surface area contributed by atoms with Crippen molar-refractivity contribution in [3.8, 4) is 0 Å². The maximum absolute atomic E-state index is 12.3. The standard InChI is InChI=1S/C15H22N2O3S/c1-5-10-16-15(18)14(11(2)3)17-21(19,20)13-8-6-12(4)7-9-13/h5-9,11,14,17H,1,10H2,2-4H3,(H,16,18). The molecule has 0 heterocycles. The molecular weight excluding hydrogens is 288 g/mol. The molecule has 1 amide bonds. The molecule has 0 aliphatic heterocycles. The number of rotatable bonds is 7. The van der Waals surface area contributed by atoms with Crippen LogP contribution in [-0.4, -0.2) is 26.9 Å². The molecule has 0 radical (unpaired) electrons. The number of amides is 1. The summed E-state index contributed by atoms with van der Waals surface area (Å²) in [5, 5.41) is 2.61. The number of hydrogen-bond donors (Lipinski definition) is 2. The van der Waals surface area contributed by atoms with Crippen molar-refractivity contribution in [2.75, 3.05) is 6.54 Å². The Kier molecular flexibility index (Phi) is 6.11. The molecule has 0 saturated heterocycles. The highest BCUT2D eigenvalue weighted by Gasteiger charge is 2.27. The smallest absolute Gasteiger partial charge is 0.241 e. The highest BCUT2D eigenvalue weighted by molar-refractivity contribution is 7.89. The minimum absolute atomic E-state index is 0.148. The van der Waals surface area contributed by atoms with E-state index >= 15 is 0 Å². The fourth-order valence-electron chi connectivity index (χ4n) is 1.73. The first-order chi connectivity index (χ1) is 9.77. The summed E-state index contributed by atoms with van der Waals surface area (Å²) in [7, 11) is -3.73. The summed E-state index contributed by atoms with van der Waals surface area (Å²) in [6, 6.07) is 5.66. The van der Waals surface area contributed by atoms with Crippen LogP contribution in [0.15, 0.2) is 41.8 Å². The summed E-state index contributed by atoms with van der Waals surface area (Å²) in [6.45, 7) is 9.27. The number of nitrogens with one attached hydrogen (secondary N) is 2. The van der Waals surface area contributed by atoms with Crippen LogP contribution < -0.4 is 10.0 Å². The zero-order chi connectivity index (χ0) is 16.0. The number of benzene rings is 1. The Hall–Kier alpha value is -1.66. The zero-order valence-electron chi connectivity index (χ0n) is 12.6. The van der Waals surface area contributed by atoms with Crippen molar-refractivity contribution in [3.05, 3.63) is 42.5 Å². The van der Waals surface area contributed by atoms with Crippen molar-refractivity contribution in [2.45, 2.75) is 31.7 Å². The molecule has 21 heavy (non-hydrogen) atoms. The Morgan fingerprint density at radius 2 is 1.86 bits per heavy atom. The summed E-state index contributed by atoms with van der Waals surface area (Å²) in [5.74, 6) is -0.532.